The molecule has 1 aliphatic rings. The van der Waals surface area contributed by atoms with Crippen LogP contribution in [0.4, 0.5) is 0 Å². The van der Waals surface area contributed by atoms with Crippen LogP contribution in [0.1, 0.15) is 59.3 Å². The van der Waals surface area contributed by atoms with Crippen molar-refractivity contribution in [3.8, 4) is 0 Å². The molecule has 7 nitrogen and oxygen atoms in total. The Labute approximate surface area is 144 Å². The van der Waals surface area contributed by atoms with Gasteiger partial charge in [-0.15, -0.1) is 0 Å². The highest BCUT2D eigenvalue weighted by Crippen LogP contribution is 2.17. The number of hydrogen-bond donors (Lipinski definition) is 3. The molecule has 1 rings (SSSR count). The minimum atomic E-state index is -0.585. The van der Waals surface area contributed by atoms with Crippen molar-refractivity contribution in [1.82, 2.24) is 15.7 Å². The molecular weight excluding hydrogens is 310 g/mol. The third-order valence-corrected chi connectivity index (χ3v) is 4.48. The van der Waals surface area contributed by atoms with E-state index in [0.717, 1.165) is 38.8 Å². The van der Waals surface area contributed by atoms with Gasteiger partial charge in [-0.25, -0.2) is 5.48 Å². The minimum Gasteiger partial charge on any atom is -0.344 e. The molecule has 0 aromatic carbocycles. The summed E-state index contributed by atoms with van der Waals surface area (Å²) in [4.78, 5) is 38.5. The molecule has 1 heterocycles. The topological polar surface area (TPSA) is 98.7 Å². The van der Waals surface area contributed by atoms with Crippen molar-refractivity contribution in [3.63, 3.8) is 0 Å². The molecule has 0 aromatic heterocycles. The third-order valence-electron chi connectivity index (χ3n) is 4.48. The molecule has 7 heteroatoms. The van der Waals surface area contributed by atoms with Crippen LogP contribution in [0.3, 0.4) is 0 Å². The highest BCUT2D eigenvalue weighted by Gasteiger charge is 2.32. The zero-order valence-electron chi connectivity index (χ0n) is 15.0. The summed E-state index contributed by atoms with van der Waals surface area (Å²) in [5.41, 5.74) is 1.58. The molecule has 1 fully saturated rings. The quantitative estimate of drug-likeness (QED) is 0.437. The maximum absolute atomic E-state index is 12.6. The predicted octanol–water partition coefficient (Wildman–Crippen LogP) is 1.45. The Morgan fingerprint density at radius 1 is 1.17 bits per heavy atom. The van der Waals surface area contributed by atoms with Gasteiger partial charge in [-0.1, -0.05) is 33.6 Å². The zero-order chi connectivity index (χ0) is 18.1. The van der Waals surface area contributed by atoms with Crippen LogP contribution in [-0.4, -0.2) is 47.0 Å². The van der Waals surface area contributed by atoms with E-state index in [-0.39, 0.29) is 24.2 Å². The minimum absolute atomic E-state index is 0.0273. The lowest BCUT2D eigenvalue weighted by atomic mass is 9.95. The molecule has 2 atom stereocenters. The summed E-state index contributed by atoms with van der Waals surface area (Å²) in [6, 6.07) is -0.572. The molecule has 2 unspecified atom stereocenters. The Hall–Kier alpha value is -1.63. The highest BCUT2D eigenvalue weighted by molar-refractivity contribution is 5.90. The first-order valence-corrected chi connectivity index (χ1v) is 8.92. The van der Waals surface area contributed by atoms with Crippen LogP contribution in [0.2, 0.25) is 0 Å². The predicted molar refractivity (Wildman–Crippen MR) is 90.1 cm³/mol. The number of hydroxylamine groups is 1. The number of carbonyl (C=O) groups excluding carboxylic acids is 3. The van der Waals surface area contributed by atoms with Crippen molar-refractivity contribution in [2.24, 2.45) is 11.8 Å². The normalized spacial score (nSPS) is 16.8. The fourth-order valence-electron chi connectivity index (χ4n) is 2.96. The number of hydrogen-bond acceptors (Lipinski definition) is 4. The highest BCUT2D eigenvalue weighted by atomic mass is 16.5. The molecule has 0 saturated carbocycles. The molecule has 24 heavy (non-hydrogen) atoms. The van der Waals surface area contributed by atoms with E-state index in [2.05, 4.69) is 5.32 Å². The van der Waals surface area contributed by atoms with Crippen molar-refractivity contribution in [1.29, 1.82) is 0 Å². The largest absolute Gasteiger partial charge is 0.344 e. The Morgan fingerprint density at radius 3 is 2.29 bits per heavy atom. The van der Waals surface area contributed by atoms with E-state index >= 15 is 0 Å². The summed E-state index contributed by atoms with van der Waals surface area (Å²) < 4.78 is 0. The van der Waals surface area contributed by atoms with Gasteiger partial charge in [0.15, 0.2) is 0 Å². The van der Waals surface area contributed by atoms with Gasteiger partial charge in [0.05, 0.1) is 0 Å². The van der Waals surface area contributed by atoms with Crippen molar-refractivity contribution >= 4 is 17.7 Å². The Bertz CT molecular complexity index is 434. The molecule has 0 radical (unpaired) electrons. The molecule has 3 amide bonds. The molecule has 138 valence electrons. The van der Waals surface area contributed by atoms with Gasteiger partial charge in [0.1, 0.15) is 6.04 Å². The first kappa shape index (κ1) is 20.4. The van der Waals surface area contributed by atoms with E-state index in [1.54, 1.807) is 10.4 Å². The number of amides is 3. The first-order chi connectivity index (χ1) is 11.4. The van der Waals surface area contributed by atoms with Crippen molar-refractivity contribution in [2.45, 2.75) is 65.3 Å². The molecular formula is C17H31N3O4. The monoisotopic (exact) mass is 341 g/mol. The standard InChI is InChI=1S/C17H31N3O4/c1-4-5-8-13(11-14(21)19-24)16(22)18-15(12(2)3)17(23)20-9-6-7-10-20/h12-13,15,24H,4-11H2,1-3H3,(H,18,22)(H,19,21). The molecule has 1 saturated heterocycles. The second kappa shape index (κ2) is 10.3. The Kier molecular flexibility index (Phi) is 8.74. The Balaban J connectivity index is 2.74. The van der Waals surface area contributed by atoms with Crippen molar-refractivity contribution in [2.75, 3.05) is 13.1 Å². The van der Waals surface area contributed by atoms with Gasteiger partial charge < -0.3 is 10.2 Å². The zero-order valence-corrected chi connectivity index (χ0v) is 15.0. The average Bonchev–Trinajstić information content (AvgIpc) is 3.09. The van der Waals surface area contributed by atoms with Crippen LogP contribution in [0, 0.1) is 11.8 Å². The second-order valence-corrected chi connectivity index (χ2v) is 6.84. The van der Waals surface area contributed by atoms with Crippen LogP contribution in [0.5, 0.6) is 0 Å². The van der Waals surface area contributed by atoms with Gasteiger partial charge in [0, 0.05) is 25.4 Å². The van der Waals surface area contributed by atoms with Gasteiger partial charge >= 0.3 is 0 Å². The third kappa shape index (κ3) is 6.11. The van der Waals surface area contributed by atoms with Crippen LogP contribution >= 0.6 is 0 Å². The number of carbonyl (C=O) groups is 3. The van der Waals surface area contributed by atoms with Crippen molar-refractivity contribution in [3.05, 3.63) is 0 Å². The molecule has 0 bridgehead atoms. The molecule has 0 aromatic rings. The van der Waals surface area contributed by atoms with E-state index < -0.39 is 17.9 Å². The van der Waals surface area contributed by atoms with Crippen LogP contribution in [0.15, 0.2) is 0 Å². The van der Waals surface area contributed by atoms with Crippen LogP contribution in [0.25, 0.3) is 0 Å². The fourth-order valence-corrected chi connectivity index (χ4v) is 2.96. The number of likely N-dealkylation sites (tertiary alicyclic amines) is 1. The lowest BCUT2D eigenvalue weighted by Gasteiger charge is -2.28. The number of nitrogens with one attached hydrogen (secondary N) is 2. The Morgan fingerprint density at radius 2 is 1.79 bits per heavy atom. The number of nitrogens with zero attached hydrogens (tertiary/aromatic N) is 1. The average molecular weight is 341 g/mol. The first-order valence-electron chi connectivity index (χ1n) is 8.92. The van der Waals surface area contributed by atoms with Gasteiger partial charge in [-0.2, -0.15) is 0 Å². The molecule has 0 spiro atoms. The van der Waals surface area contributed by atoms with E-state index in [1.165, 1.54) is 0 Å². The molecule has 3 N–H and O–H groups in total. The summed E-state index contributed by atoms with van der Waals surface area (Å²) in [6.45, 7) is 7.30. The summed E-state index contributed by atoms with van der Waals surface area (Å²) >= 11 is 0. The maximum atomic E-state index is 12.6. The van der Waals surface area contributed by atoms with Gasteiger partial charge in [-0.3, -0.25) is 19.6 Å². The second-order valence-electron chi connectivity index (χ2n) is 6.84. The van der Waals surface area contributed by atoms with E-state index in [9.17, 15) is 14.4 Å². The van der Waals surface area contributed by atoms with Gasteiger partial charge in [0.2, 0.25) is 17.7 Å². The number of rotatable bonds is 9. The SMILES string of the molecule is CCCCC(CC(=O)NO)C(=O)NC(C(=O)N1CCCC1)C(C)C. The number of unbranched alkanes of at least 4 members (excludes halogenated alkanes) is 1. The summed E-state index contributed by atoms with van der Waals surface area (Å²) in [7, 11) is 0. The van der Waals surface area contributed by atoms with E-state index in [0.29, 0.717) is 6.42 Å². The van der Waals surface area contributed by atoms with Gasteiger partial charge in [0.25, 0.3) is 0 Å². The van der Waals surface area contributed by atoms with Crippen molar-refractivity contribution < 1.29 is 19.6 Å². The summed E-state index contributed by atoms with van der Waals surface area (Å²) in [6.07, 6.45) is 4.19. The fraction of sp³-hybridized carbons (Fsp3) is 0.824. The van der Waals surface area contributed by atoms with Crippen LogP contribution < -0.4 is 10.8 Å². The maximum Gasteiger partial charge on any atom is 0.245 e. The smallest absolute Gasteiger partial charge is 0.245 e. The summed E-state index contributed by atoms with van der Waals surface area (Å²) in [5.74, 6) is -1.49. The lowest BCUT2D eigenvalue weighted by molar-refractivity contribution is -0.139. The molecule has 1 aliphatic heterocycles. The summed E-state index contributed by atoms with van der Waals surface area (Å²) in [5, 5.41) is 11.5. The van der Waals surface area contributed by atoms with Crippen LogP contribution in [-0.2, 0) is 14.4 Å². The lowest BCUT2D eigenvalue weighted by Crippen LogP contribution is -2.52. The van der Waals surface area contributed by atoms with E-state index in [4.69, 9.17) is 5.21 Å². The van der Waals surface area contributed by atoms with E-state index in [1.807, 2.05) is 20.8 Å². The van der Waals surface area contributed by atoms with Gasteiger partial charge in [-0.05, 0) is 25.2 Å². The molecule has 0 aliphatic carbocycles.